The summed E-state index contributed by atoms with van der Waals surface area (Å²) in [5.41, 5.74) is -0.762. The van der Waals surface area contributed by atoms with Crippen molar-refractivity contribution in [2.45, 2.75) is 37.3 Å². The molecule has 33 heavy (non-hydrogen) atoms. The summed E-state index contributed by atoms with van der Waals surface area (Å²) in [7, 11) is -3.74. The maximum atomic E-state index is 13.0. The summed E-state index contributed by atoms with van der Waals surface area (Å²) in [6, 6.07) is 8.38. The normalized spacial score (nSPS) is 15.2. The Morgan fingerprint density at radius 3 is 2.45 bits per heavy atom. The Morgan fingerprint density at radius 2 is 1.79 bits per heavy atom. The van der Waals surface area contributed by atoms with Crippen LogP contribution in [0.4, 0.5) is 18.9 Å². The Bertz CT molecular complexity index is 1080. The van der Waals surface area contributed by atoms with Gasteiger partial charge in [0, 0.05) is 13.1 Å². The highest BCUT2D eigenvalue weighted by atomic mass is 32.2. The molecular weight excluding hydrogens is 461 g/mol. The van der Waals surface area contributed by atoms with Crippen molar-refractivity contribution in [1.82, 2.24) is 4.31 Å². The van der Waals surface area contributed by atoms with Gasteiger partial charge in [0.1, 0.15) is 11.5 Å². The average molecular weight is 487 g/mol. The van der Waals surface area contributed by atoms with E-state index in [1.807, 2.05) is 0 Å². The van der Waals surface area contributed by atoms with Crippen LogP contribution in [0.2, 0.25) is 0 Å². The second-order valence-corrected chi connectivity index (χ2v) is 9.36. The van der Waals surface area contributed by atoms with E-state index in [4.69, 9.17) is 9.47 Å². The molecule has 0 aliphatic carbocycles. The van der Waals surface area contributed by atoms with Gasteiger partial charge in [0.2, 0.25) is 10.0 Å². The first-order valence-electron chi connectivity index (χ1n) is 10.5. The van der Waals surface area contributed by atoms with E-state index in [0.717, 1.165) is 31.4 Å². The smallest absolute Gasteiger partial charge is 0.416 e. The number of benzene rings is 2. The van der Waals surface area contributed by atoms with Gasteiger partial charge in [-0.15, -0.1) is 0 Å². The van der Waals surface area contributed by atoms with Gasteiger partial charge in [-0.1, -0.05) is 12.5 Å². The fourth-order valence-electron chi connectivity index (χ4n) is 3.40. The first-order valence-corrected chi connectivity index (χ1v) is 11.9. The minimum atomic E-state index is -4.53. The Morgan fingerprint density at radius 1 is 1.06 bits per heavy atom. The minimum absolute atomic E-state index is 0.0157. The van der Waals surface area contributed by atoms with Crippen molar-refractivity contribution >= 4 is 21.6 Å². The number of nitrogens with zero attached hydrogens (tertiary/aromatic N) is 1. The van der Waals surface area contributed by atoms with Crippen LogP contribution in [0.25, 0.3) is 0 Å². The van der Waals surface area contributed by atoms with E-state index < -0.39 is 34.3 Å². The van der Waals surface area contributed by atoms with Crippen molar-refractivity contribution in [1.29, 1.82) is 0 Å². The lowest BCUT2D eigenvalue weighted by Crippen LogP contribution is -2.35. The van der Waals surface area contributed by atoms with Crippen LogP contribution >= 0.6 is 0 Å². The number of sulfonamides is 1. The molecule has 7 nitrogen and oxygen atoms in total. The molecule has 1 heterocycles. The molecule has 180 valence electrons. The number of ether oxygens (including phenoxy) is 2. The van der Waals surface area contributed by atoms with Crippen LogP contribution in [0.15, 0.2) is 47.4 Å². The quantitative estimate of drug-likeness (QED) is 0.602. The van der Waals surface area contributed by atoms with Crippen molar-refractivity contribution < 1.29 is 35.9 Å². The third-order valence-corrected chi connectivity index (χ3v) is 6.90. The van der Waals surface area contributed by atoms with Gasteiger partial charge in [-0.2, -0.15) is 17.5 Å². The topological polar surface area (TPSA) is 84.9 Å². The van der Waals surface area contributed by atoms with Gasteiger partial charge in [0.25, 0.3) is 5.91 Å². The summed E-state index contributed by atoms with van der Waals surface area (Å²) in [6.45, 7) is 2.31. The summed E-state index contributed by atoms with van der Waals surface area (Å²) in [5, 5.41) is 2.53. The molecule has 2 aromatic rings. The van der Waals surface area contributed by atoms with Gasteiger partial charge in [-0.25, -0.2) is 8.42 Å². The number of hydrogen-bond donors (Lipinski definition) is 1. The summed E-state index contributed by atoms with van der Waals surface area (Å²) in [4.78, 5) is 12.4. The van der Waals surface area contributed by atoms with Gasteiger partial charge in [0.05, 0.1) is 22.8 Å². The average Bonchev–Trinajstić information content (AvgIpc) is 2.79. The second kappa shape index (κ2) is 10.4. The van der Waals surface area contributed by atoms with Crippen LogP contribution in [-0.2, 0) is 21.0 Å². The molecule has 1 amide bonds. The van der Waals surface area contributed by atoms with Crippen molar-refractivity contribution in [2.24, 2.45) is 0 Å². The zero-order valence-electron chi connectivity index (χ0n) is 18.0. The second-order valence-electron chi connectivity index (χ2n) is 7.42. The van der Waals surface area contributed by atoms with E-state index in [-0.39, 0.29) is 28.7 Å². The molecule has 0 bridgehead atoms. The number of halogens is 3. The SMILES string of the molecule is CCOc1ccc(S(=O)(=O)N2CCCCC2)cc1NC(=O)COc1cccc(C(F)(F)F)c1. The van der Waals surface area contributed by atoms with Crippen molar-refractivity contribution in [3.63, 3.8) is 0 Å². The molecule has 2 aromatic carbocycles. The van der Waals surface area contributed by atoms with Gasteiger partial charge in [-0.3, -0.25) is 4.79 Å². The van der Waals surface area contributed by atoms with E-state index in [1.165, 1.54) is 34.6 Å². The number of hydrogen-bond acceptors (Lipinski definition) is 5. The van der Waals surface area contributed by atoms with Gasteiger partial charge >= 0.3 is 6.18 Å². The molecule has 0 spiro atoms. The molecule has 11 heteroatoms. The zero-order chi connectivity index (χ0) is 24.1. The molecule has 1 aliphatic heterocycles. The Hall–Kier alpha value is -2.79. The number of piperidine rings is 1. The number of carbonyl (C=O) groups excluding carboxylic acids is 1. The Labute approximate surface area is 190 Å². The molecule has 1 fully saturated rings. The molecule has 0 unspecified atom stereocenters. The zero-order valence-corrected chi connectivity index (χ0v) is 18.8. The van der Waals surface area contributed by atoms with E-state index in [0.29, 0.717) is 13.1 Å². The maximum Gasteiger partial charge on any atom is 0.416 e. The monoisotopic (exact) mass is 486 g/mol. The molecule has 1 saturated heterocycles. The van der Waals surface area contributed by atoms with Gasteiger partial charge < -0.3 is 14.8 Å². The fraction of sp³-hybridized carbons (Fsp3) is 0.409. The predicted molar refractivity (Wildman–Crippen MR) is 116 cm³/mol. The molecule has 0 radical (unpaired) electrons. The predicted octanol–water partition coefficient (Wildman–Crippen LogP) is 4.30. The summed E-state index contributed by atoms with van der Waals surface area (Å²) in [6.07, 6.45) is -1.99. The van der Waals surface area contributed by atoms with Crippen LogP contribution < -0.4 is 14.8 Å². The maximum absolute atomic E-state index is 13.0. The summed E-state index contributed by atoms with van der Waals surface area (Å²) in [5.74, 6) is -0.533. The largest absolute Gasteiger partial charge is 0.492 e. The lowest BCUT2D eigenvalue weighted by Gasteiger charge is -2.26. The molecule has 1 N–H and O–H groups in total. The molecular formula is C22H25F3N2O5S. The highest BCUT2D eigenvalue weighted by molar-refractivity contribution is 7.89. The van der Waals surface area contributed by atoms with Crippen LogP contribution in [0.3, 0.4) is 0 Å². The molecule has 0 saturated carbocycles. The number of alkyl halides is 3. The molecule has 3 rings (SSSR count). The number of rotatable bonds is 8. The van der Waals surface area contributed by atoms with Gasteiger partial charge in [0.15, 0.2) is 6.61 Å². The van der Waals surface area contributed by atoms with Crippen LogP contribution in [-0.4, -0.2) is 44.9 Å². The number of anilines is 1. The van der Waals surface area contributed by atoms with E-state index in [9.17, 15) is 26.4 Å². The van der Waals surface area contributed by atoms with Crippen LogP contribution in [0.5, 0.6) is 11.5 Å². The summed E-state index contributed by atoms with van der Waals surface area (Å²) >= 11 is 0. The Balaban J connectivity index is 1.74. The third-order valence-electron chi connectivity index (χ3n) is 5.01. The first-order chi connectivity index (χ1) is 15.6. The number of carbonyl (C=O) groups is 1. The van der Waals surface area contributed by atoms with Crippen molar-refractivity contribution in [3.05, 3.63) is 48.0 Å². The number of amides is 1. The molecule has 1 aliphatic rings. The standard InChI is InChI=1S/C22H25F3N2O5S/c1-2-31-20-10-9-18(33(29,30)27-11-4-3-5-12-27)14-19(20)26-21(28)15-32-17-8-6-7-16(13-17)22(23,24)25/h6-10,13-14H,2-5,11-12,15H2,1H3,(H,26,28). The van der Waals surface area contributed by atoms with E-state index in [1.54, 1.807) is 6.92 Å². The highest BCUT2D eigenvalue weighted by Crippen LogP contribution is 2.32. The van der Waals surface area contributed by atoms with Gasteiger partial charge in [-0.05, 0) is 56.2 Å². The van der Waals surface area contributed by atoms with E-state index in [2.05, 4.69) is 5.32 Å². The third kappa shape index (κ3) is 6.38. The van der Waals surface area contributed by atoms with Crippen molar-refractivity contribution in [2.75, 3.05) is 31.6 Å². The summed E-state index contributed by atoms with van der Waals surface area (Å²) < 4.78 is 76.5. The van der Waals surface area contributed by atoms with Crippen LogP contribution in [0.1, 0.15) is 31.7 Å². The lowest BCUT2D eigenvalue weighted by atomic mass is 10.2. The Kier molecular flexibility index (Phi) is 7.85. The highest BCUT2D eigenvalue weighted by Gasteiger charge is 2.31. The lowest BCUT2D eigenvalue weighted by molar-refractivity contribution is -0.137. The number of nitrogens with one attached hydrogen (secondary N) is 1. The van der Waals surface area contributed by atoms with Crippen LogP contribution in [0, 0.1) is 0 Å². The van der Waals surface area contributed by atoms with E-state index >= 15 is 0 Å². The molecule has 0 aromatic heterocycles. The first kappa shape index (κ1) is 24.8. The minimum Gasteiger partial charge on any atom is -0.492 e. The molecule has 0 atom stereocenters. The fourth-order valence-corrected chi connectivity index (χ4v) is 4.94. The van der Waals surface area contributed by atoms with Crippen molar-refractivity contribution in [3.8, 4) is 11.5 Å².